The number of benzene rings is 3. The normalized spacial score (nSPS) is 25.1. The summed E-state index contributed by atoms with van der Waals surface area (Å²) in [4.78, 5) is 0. The van der Waals surface area contributed by atoms with Gasteiger partial charge in [-0.2, -0.15) is 0 Å². The molecular weight excluding hydrogens is 432 g/mol. The van der Waals surface area contributed by atoms with Gasteiger partial charge in [0.15, 0.2) is 0 Å². The molecule has 3 aromatic carbocycles. The van der Waals surface area contributed by atoms with Crippen molar-refractivity contribution in [3.05, 3.63) is 108 Å². The molecule has 1 aliphatic heterocycles. The molecule has 0 unspecified atom stereocenters. The predicted octanol–water partition coefficient (Wildman–Crippen LogP) is 5.85. The first-order valence-electron chi connectivity index (χ1n) is 11.4. The highest BCUT2D eigenvalue weighted by Crippen LogP contribution is 2.34. The van der Waals surface area contributed by atoms with Crippen molar-refractivity contribution in [2.75, 3.05) is 6.26 Å². The first-order chi connectivity index (χ1) is 16.2. The second-order valence-electron chi connectivity index (χ2n) is 8.23. The first-order valence-corrected chi connectivity index (χ1v) is 12.7. The summed E-state index contributed by atoms with van der Waals surface area (Å²) in [6.45, 7) is 3.55. The van der Waals surface area contributed by atoms with E-state index in [1.54, 1.807) is 11.8 Å². The SMILES string of the molecule is CS[C@H]1O[C@@H](C)[C@@H](OCc2ccccc2)[C@@H](OCc2ccccc2)[C@@H]1OCc1ccccc1. The molecule has 0 saturated carbocycles. The van der Waals surface area contributed by atoms with Crippen molar-refractivity contribution < 1.29 is 18.9 Å². The maximum atomic E-state index is 6.53. The molecule has 0 bridgehead atoms. The highest BCUT2D eigenvalue weighted by atomic mass is 32.2. The van der Waals surface area contributed by atoms with Crippen LogP contribution in [0.15, 0.2) is 91.0 Å². The van der Waals surface area contributed by atoms with Crippen LogP contribution < -0.4 is 0 Å². The van der Waals surface area contributed by atoms with E-state index in [1.807, 2.05) is 54.6 Å². The fraction of sp³-hybridized carbons (Fsp3) is 0.357. The molecule has 0 aliphatic carbocycles. The second kappa shape index (κ2) is 12.4. The van der Waals surface area contributed by atoms with E-state index < -0.39 is 0 Å². The highest BCUT2D eigenvalue weighted by Gasteiger charge is 2.46. The molecule has 5 atom stereocenters. The molecule has 1 heterocycles. The van der Waals surface area contributed by atoms with E-state index in [-0.39, 0.29) is 29.9 Å². The Morgan fingerprint density at radius 3 is 1.42 bits per heavy atom. The van der Waals surface area contributed by atoms with Gasteiger partial charge >= 0.3 is 0 Å². The minimum Gasteiger partial charge on any atom is -0.368 e. The fourth-order valence-corrected chi connectivity index (χ4v) is 4.85. The van der Waals surface area contributed by atoms with Gasteiger partial charge in [0, 0.05) is 0 Å². The quantitative estimate of drug-likeness (QED) is 0.376. The second-order valence-corrected chi connectivity index (χ2v) is 9.16. The van der Waals surface area contributed by atoms with Crippen LogP contribution in [-0.4, -0.2) is 36.1 Å². The van der Waals surface area contributed by atoms with E-state index in [4.69, 9.17) is 18.9 Å². The lowest BCUT2D eigenvalue weighted by Crippen LogP contribution is -2.58. The molecule has 5 heteroatoms. The Morgan fingerprint density at radius 2 is 1.00 bits per heavy atom. The molecule has 174 valence electrons. The summed E-state index contributed by atoms with van der Waals surface area (Å²) in [5.74, 6) is 0. The zero-order valence-electron chi connectivity index (χ0n) is 19.2. The van der Waals surface area contributed by atoms with Crippen LogP contribution in [0.2, 0.25) is 0 Å². The van der Waals surface area contributed by atoms with Crippen LogP contribution in [0.1, 0.15) is 23.6 Å². The van der Waals surface area contributed by atoms with Gasteiger partial charge in [0.2, 0.25) is 0 Å². The summed E-state index contributed by atoms with van der Waals surface area (Å²) in [6, 6.07) is 30.7. The number of hydrogen-bond donors (Lipinski definition) is 0. The zero-order valence-corrected chi connectivity index (χ0v) is 20.0. The maximum Gasteiger partial charge on any atom is 0.132 e. The van der Waals surface area contributed by atoms with Crippen LogP contribution in [0, 0.1) is 0 Å². The van der Waals surface area contributed by atoms with Crippen LogP contribution in [0.25, 0.3) is 0 Å². The summed E-state index contributed by atoms with van der Waals surface area (Å²) < 4.78 is 25.8. The molecule has 4 rings (SSSR count). The Kier molecular flexibility index (Phi) is 8.98. The molecule has 1 fully saturated rings. The van der Waals surface area contributed by atoms with Gasteiger partial charge in [-0.3, -0.25) is 0 Å². The summed E-state index contributed by atoms with van der Waals surface area (Å²) in [7, 11) is 0. The average molecular weight is 465 g/mol. The molecule has 4 nitrogen and oxygen atoms in total. The Bertz CT molecular complexity index is 938. The lowest BCUT2D eigenvalue weighted by atomic mass is 9.99. The summed E-state index contributed by atoms with van der Waals surface area (Å²) in [5.41, 5.74) is 3.24. The Morgan fingerprint density at radius 1 is 0.606 bits per heavy atom. The van der Waals surface area contributed by atoms with Crippen molar-refractivity contribution in [1.29, 1.82) is 0 Å². The van der Waals surface area contributed by atoms with Crippen molar-refractivity contribution in [3.63, 3.8) is 0 Å². The van der Waals surface area contributed by atoms with E-state index >= 15 is 0 Å². The molecular formula is C28H32O4S. The molecule has 33 heavy (non-hydrogen) atoms. The molecule has 0 N–H and O–H groups in total. The zero-order chi connectivity index (χ0) is 22.9. The topological polar surface area (TPSA) is 36.9 Å². The van der Waals surface area contributed by atoms with Crippen LogP contribution in [0.4, 0.5) is 0 Å². The van der Waals surface area contributed by atoms with Gasteiger partial charge < -0.3 is 18.9 Å². The Labute approximate surface area is 201 Å². The third-order valence-electron chi connectivity index (χ3n) is 5.82. The van der Waals surface area contributed by atoms with Crippen LogP contribution >= 0.6 is 11.8 Å². The number of thioether (sulfide) groups is 1. The van der Waals surface area contributed by atoms with E-state index in [2.05, 4.69) is 49.6 Å². The summed E-state index contributed by atoms with van der Waals surface area (Å²) in [5, 5.41) is 0. The summed E-state index contributed by atoms with van der Waals surface area (Å²) >= 11 is 1.65. The van der Waals surface area contributed by atoms with E-state index in [9.17, 15) is 0 Å². The van der Waals surface area contributed by atoms with Gasteiger partial charge in [-0.1, -0.05) is 91.0 Å². The van der Waals surface area contributed by atoms with Crippen molar-refractivity contribution in [3.8, 4) is 0 Å². The number of rotatable bonds is 10. The standard InChI is InChI=1S/C28H32O4S/c1-21-25(29-18-22-12-6-3-7-13-22)26(30-19-23-14-8-4-9-15-23)27(28(32-21)33-2)31-20-24-16-10-5-11-17-24/h3-17,21,25-28H,18-20H2,1-2H3/t21-,25+,26+,27-,28+/m0/s1. The van der Waals surface area contributed by atoms with Crippen molar-refractivity contribution >= 4 is 11.8 Å². The van der Waals surface area contributed by atoms with Crippen LogP contribution in [0.3, 0.4) is 0 Å². The van der Waals surface area contributed by atoms with Gasteiger partial charge in [-0.05, 0) is 29.9 Å². The van der Waals surface area contributed by atoms with E-state index in [1.165, 1.54) is 0 Å². The third kappa shape index (κ3) is 6.69. The molecule has 0 radical (unpaired) electrons. The molecule has 0 amide bonds. The highest BCUT2D eigenvalue weighted by molar-refractivity contribution is 7.99. The fourth-order valence-electron chi connectivity index (χ4n) is 4.06. The van der Waals surface area contributed by atoms with Gasteiger partial charge in [-0.15, -0.1) is 11.8 Å². The first kappa shape index (κ1) is 24.0. The molecule has 1 saturated heterocycles. The number of hydrogen-bond acceptors (Lipinski definition) is 5. The molecule has 3 aromatic rings. The minimum atomic E-state index is -0.265. The monoisotopic (exact) mass is 464 g/mol. The average Bonchev–Trinajstić information content (AvgIpc) is 2.87. The van der Waals surface area contributed by atoms with Crippen molar-refractivity contribution in [2.24, 2.45) is 0 Å². The van der Waals surface area contributed by atoms with Gasteiger partial charge in [0.05, 0.1) is 25.9 Å². The molecule has 0 aromatic heterocycles. The van der Waals surface area contributed by atoms with E-state index in [0.717, 1.165) is 16.7 Å². The molecule has 0 spiro atoms. The summed E-state index contributed by atoms with van der Waals surface area (Å²) in [6.07, 6.45) is 1.15. The van der Waals surface area contributed by atoms with Gasteiger partial charge in [0.1, 0.15) is 23.7 Å². The van der Waals surface area contributed by atoms with Crippen LogP contribution in [0.5, 0.6) is 0 Å². The number of ether oxygens (including phenoxy) is 4. The maximum absolute atomic E-state index is 6.53. The van der Waals surface area contributed by atoms with Crippen molar-refractivity contribution in [2.45, 2.75) is 56.6 Å². The third-order valence-corrected chi connectivity index (χ3v) is 6.66. The predicted molar refractivity (Wildman–Crippen MR) is 133 cm³/mol. The largest absolute Gasteiger partial charge is 0.368 e. The Balaban J connectivity index is 1.53. The minimum absolute atomic E-state index is 0.122. The van der Waals surface area contributed by atoms with Crippen molar-refractivity contribution in [1.82, 2.24) is 0 Å². The van der Waals surface area contributed by atoms with Gasteiger partial charge in [0.25, 0.3) is 0 Å². The lowest BCUT2D eigenvalue weighted by molar-refractivity contribution is -0.242. The van der Waals surface area contributed by atoms with Crippen LogP contribution in [-0.2, 0) is 38.8 Å². The van der Waals surface area contributed by atoms with Gasteiger partial charge in [-0.25, -0.2) is 0 Å². The molecule has 1 aliphatic rings. The smallest absolute Gasteiger partial charge is 0.132 e. The van der Waals surface area contributed by atoms with E-state index in [0.29, 0.717) is 19.8 Å². The lowest BCUT2D eigenvalue weighted by Gasteiger charge is -2.45. The Hall–Kier alpha value is -2.15.